The Morgan fingerprint density at radius 3 is 2.73 bits per heavy atom. The first-order valence-electron chi connectivity index (χ1n) is 5.13. The average Bonchev–Trinajstić information content (AvgIpc) is 2.92. The van der Waals surface area contributed by atoms with Crippen molar-refractivity contribution in [3.63, 3.8) is 0 Å². The summed E-state index contributed by atoms with van der Waals surface area (Å²) < 4.78 is 12.9. The summed E-state index contributed by atoms with van der Waals surface area (Å²) in [6.07, 6.45) is 2.35. The van der Waals surface area contributed by atoms with E-state index in [1.165, 1.54) is 6.07 Å². The molecule has 1 saturated carbocycles. The summed E-state index contributed by atoms with van der Waals surface area (Å²) in [5.41, 5.74) is 0.961. The predicted octanol–water partition coefficient (Wildman–Crippen LogP) is 3.18. The van der Waals surface area contributed by atoms with Crippen LogP contribution in [0.5, 0.6) is 0 Å². The van der Waals surface area contributed by atoms with Crippen LogP contribution in [0.3, 0.4) is 0 Å². The minimum absolute atomic E-state index is 0.0703. The van der Waals surface area contributed by atoms with E-state index in [-0.39, 0.29) is 16.5 Å². The lowest BCUT2D eigenvalue weighted by atomic mass is 9.95. The second-order valence-electron chi connectivity index (χ2n) is 4.62. The van der Waals surface area contributed by atoms with Gasteiger partial charge in [-0.3, -0.25) is 0 Å². The predicted molar refractivity (Wildman–Crippen MR) is 58.5 cm³/mol. The summed E-state index contributed by atoms with van der Waals surface area (Å²) in [5, 5.41) is 10.1. The third kappa shape index (κ3) is 2.32. The van der Waals surface area contributed by atoms with Gasteiger partial charge in [-0.05, 0) is 42.4 Å². The molecule has 3 heteroatoms. The molecule has 0 amide bonds. The van der Waals surface area contributed by atoms with Crippen molar-refractivity contribution in [2.24, 2.45) is 5.41 Å². The molecule has 0 spiro atoms. The van der Waals surface area contributed by atoms with Crippen LogP contribution in [0.4, 0.5) is 4.39 Å². The van der Waals surface area contributed by atoms with E-state index in [2.05, 4.69) is 6.92 Å². The lowest BCUT2D eigenvalue weighted by molar-refractivity contribution is 0.103. The number of halogens is 2. The average molecular weight is 229 g/mol. The Labute approximate surface area is 93.9 Å². The summed E-state index contributed by atoms with van der Waals surface area (Å²) >= 11 is 5.67. The summed E-state index contributed by atoms with van der Waals surface area (Å²) in [7, 11) is 0. The number of rotatable bonds is 3. The van der Waals surface area contributed by atoms with Crippen molar-refractivity contribution in [1.82, 2.24) is 0 Å². The highest BCUT2D eigenvalue weighted by molar-refractivity contribution is 6.30. The van der Waals surface area contributed by atoms with Crippen molar-refractivity contribution >= 4 is 11.6 Å². The molecule has 1 N–H and O–H groups in total. The second kappa shape index (κ2) is 3.76. The minimum Gasteiger partial charge on any atom is -0.392 e. The number of hydrogen-bond acceptors (Lipinski definition) is 1. The van der Waals surface area contributed by atoms with Gasteiger partial charge in [0.2, 0.25) is 0 Å². The minimum atomic E-state index is -0.410. The zero-order valence-electron chi connectivity index (χ0n) is 8.63. The molecule has 1 nitrogen and oxygen atoms in total. The highest BCUT2D eigenvalue weighted by Gasteiger charge is 2.43. The van der Waals surface area contributed by atoms with Crippen LogP contribution in [0.25, 0.3) is 0 Å². The van der Waals surface area contributed by atoms with E-state index in [4.69, 9.17) is 11.6 Å². The Balaban J connectivity index is 2.07. The lowest BCUT2D eigenvalue weighted by Gasteiger charge is -2.17. The summed E-state index contributed by atoms with van der Waals surface area (Å²) in [6, 6.07) is 4.61. The number of aliphatic hydroxyl groups excluding tert-OH is 1. The van der Waals surface area contributed by atoms with E-state index in [0.29, 0.717) is 6.42 Å². The van der Waals surface area contributed by atoms with Crippen LogP contribution in [0.1, 0.15) is 25.3 Å². The van der Waals surface area contributed by atoms with Crippen LogP contribution >= 0.6 is 11.6 Å². The van der Waals surface area contributed by atoms with Gasteiger partial charge in [0.15, 0.2) is 0 Å². The molecule has 15 heavy (non-hydrogen) atoms. The van der Waals surface area contributed by atoms with Gasteiger partial charge in [0.1, 0.15) is 5.82 Å². The van der Waals surface area contributed by atoms with Crippen molar-refractivity contribution in [3.05, 3.63) is 34.6 Å². The first-order chi connectivity index (χ1) is 7.01. The normalized spacial score (nSPS) is 20.0. The van der Waals surface area contributed by atoms with Gasteiger partial charge in [-0.1, -0.05) is 24.6 Å². The molecule has 2 rings (SSSR count). The molecule has 0 aliphatic heterocycles. The first kappa shape index (κ1) is 10.9. The monoisotopic (exact) mass is 228 g/mol. The fraction of sp³-hybridized carbons (Fsp3) is 0.500. The van der Waals surface area contributed by atoms with Crippen molar-refractivity contribution in [2.45, 2.75) is 32.3 Å². The van der Waals surface area contributed by atoms with Crippen LogP contribution in [0, 0.1) is 11.2 Å². The molecule has 0 saturated heterocycles. The first-order valence-corrected chi connectivity index (χ1v) is 5.51. The molecule has 1 aliphatic rings. The van der Waals surface area contributed by atoms with Gasteiger partial charge in [-0.2, -0.15) is 0 Å². The summed E-state index contributed by atoms with van der Waals surface area (Å²) in [5.74, 6) is -0.410. The molecule has 0 radical (unpaired) electrons. The fourth-order valence-corrected chi connectivity index (χ4v) is 1.87. The van der Waals surface area contributed by atoms with E-state index in [9.17, 15) is 9.50 Å². The lowest BCUT2D eigenvalue weighted by Crippen LogP contribution is -2.21. The second-order valence-corrected chi connectivity index (χ2v) is 5.03. The number of benzene rings is 1. The Kier molecular flexibility index (Phi) is 2.73. The highest BCUT2D eigenvalue weighted by atomic mass is 35.5. The van der Waals surface area contributed by atoms with E-state index in [1.807, 2.05) is 0 Å². The van der Waals surface area contributed by atoms with E-state index < -0.39 is 5.82 Å². The molecule has 82 valence electrons. The van der Waals surface area contributed by atoms with Gasteiger partial charge in [-0.15, -0.1) is 0 Å². The Morgan fingerprint density at radius 2 is 2.20 bits per heavy atom. The van der Waals surface area contributed by atoms with Crippen LogP contribution in [-0.2, 0) is 6.42 Å². The Morgan fingerprint density at radius 1 is 1.53 bits per heavy atom. The molecular formula is C12H14ClFO. The summed E-state index contributed by atoms with van der Waals surface area (Å²) in [4.78, 5) is 0. The maximum Gasteiger partial charge on any atom is 0.141 e. The van der Waals surface area contributed by atoms with E-state index in [0.717, 1.165) is 18.4 Å². The maximum absolute atomic E-state index is 12.9. The molecular weight excluding hydrogens is 215 g/mol. The van der Waals surface area contributed by atoms with E-state index in [1.54, 1.807) is 12.1 Å². The molecule has 0 heterocycles. The van der Waals surface area contributed by atoms with Crippen molar-refractivity contribution < 1.29 is 9.50 Å². The molecule has 0 aromatic heterocycles. The maximum atomic E-state index is 12.9. The Bertz CT molecular complexity index is 374. The smallest absolute Gasteiger partial charge is 0.141 e. The number of aliphatic hydroxyl groups is 1. The topological polar surface area (TPSA) is 20.2 Å². The molecule has 1 unspecified atom stereocenters. The number of hydrogen-bond donors (Lipinski definition) is 1. The summed E-state index contributed by atoms with van der Waals surface area (Å²) in [6.45, 7) is 2.07. The quantitative estimate of drug-likeness (QED) is 0.843. The van der Waals surface area contributed by atoms with Crippen molar-refractivity contribution in [3.8, 4) is 0 Å². The highest BCUT2D eigenvalue weighted by Crippen LogP contribution is 2.48. The van der Waals surface area contributed by atoms with E-state index >= 15 is 0 Å². The molecule has 0 bridgehead atoms. The zero-order chi connectivity index (χ0) is 11.1. The van der Waals surface area contributed by atoms with Gasteiger partial charge in [0.25, 0.3) is 0 Å². The van der Waals surface area contributed by atoms with Crippen LogP contribution in [0.2, 0.25) is 5.02 Å². The van der Waals surface area contributed by atoms with Crippen LogP contribution in [0.15, 0.2) is 18.2 Å². The third-order valence-corrected chi connectivity index (χ3v) is 3.55. The van der Waals surface area contributed by atoms with Gasteiger partial charge in [0.05, 0.1) is 11.1 Å². The van der Waals surface area contributed by atoms with Crippen LogP contribution < -0.4 is 0 Å². The third-order valence-electron chi connectivity index (χ3n) is 3.26. The van der Waals surface area contributed by atoms with Crippen molar-refractivity contribution in [1.29, 1.82) is 0 Å². The fourth-order valence-electron chi connectivity index (χ4n) is 1.67. The molecule has 1 aliphatic carbocycles. The van der Waals surface area contributed by atoms with Gasteiger partial charge < -0.3 is 5.11 Å². The molecule has 1 fully saturated rings. The molecule has 1 atom stereocenters. The largest absolute Gasteiger partial charge is 0.392 e. The SMILES string of the molecule is CC1(C(O)Cc2ccc(F)c(Cl)c2)CC1. The Hall–Kier alpha value is -0.600. The zero-order valence-corrected chi connectivity index (χ0v) is 9.39. The molecule has 1 aromatic carbocycles. The van der Waals surface area contributed by atoms with Crippen molar-refractivity contribution in [2.75, 3.05) is 0 Å². The standard InChI is InChI=1S/C12H14ClFO/c1-12(4-5-12)11(15)7-8-2-3-10(14)9(13)6-8/h2-3,6,11,15H,4-5,7H2,1H3. The van der Waals surface area contributed by atoms with Gasteiger partial charge in [0, 0.05) is 0 Å². The van der Waals surface area contributed by atoms with Gasteiger partial charge in [-0.25, -0.2) is 4.39 Å². The van der Waals surface area contributed by atoms with Gasteiger partial charge >= 0.3 is 0 Å². The molecule has 1 aromatic rings. The van der Waals surface area contributed by atoms with Crippen LogP contribution in [-0.4, -0.2) is 11.2 Å².